The number of amidine groups is 2. The van der Waals surface area contributed by atoms with Gasteiger partial charge < -0.3 is 0 Å². The molecule has 0 aromatic carbocycles. The van der Waals surface area contributed by atoms with Crippen molar-refractivity contribution in [2.24, 2.45) is 10.2 Å². The number of nitrogens with zero attached hydrogens (tertiary/aromatic N) is 4. The second-order valence-corrected chi connectivity index (χ2v) is 2.81. The first-order valence-electron chi connectivity index (χ1n) is 4.06. The average Bonchev–Trinajstić information content (AvgIpc) is 2.53. The Hall–Kier alpha value is -1.71. The van der Waals surface area contributed by atoms with E-state index in [2.05, 4.69) is 20.5 Å². The standard InChI is InChI=1S/C9H9N4/c1-7-11-9(13-12-7)6-8-2-4-10-5-3-8/h2-5H,6H2,1H3. The van der Waals surface area contributed by atoms with Gasteiger partial charge in [0.05, 0.1) is 0 Å². The Bertz CT molecular complexity index is 353. The third kappa shape index (κ3) is 1.90. The summed E-state index contributed by atoms with van der Waals surface area (Å²) in [6, 6.07) is 3.90. The van der Waals surface area contributed by atoms with E-state index in [0.717, 1.165) is 23.7 Å². The molecule has 0 saturated heterocycles. The van der Waals surface area contributed by atoms with Crippen molar-refractivity contribution in [2.75, 3.05) is 0 Å². The third-order valence-electron chi connectivity index (χ3n) is 1.71. The molecule has 1 aromatic heterocycles. The van der Waals surface area contributed by atoms with Crippen LogP contribution in [0.5, 0.6) is 0 Å². The second kappa shape index (κ2) is 3.35. The largest absolute Gasteiger partial charge is 0.265 e. The first-order chi connectivity index (χ1) is 6.34. The van der Waals surface area contributed by atoms with Crippen molar-refractivity contribution in [2.45, 2.75) is 13.3 Å². The molecule has 0 bridgehead atoms. The van der Waals surface area contributed by atoms with Crippen molar-refractivity contribution in [3.05, 3.63) is 30.1 Å². The molecule has 0 spiro atoms. The molecular weight excluding hydrogens is 164 g/mol. The summed E-state index contributed by atoms with van der Waals surface area (Å²) in [5, 5.41) is 11.9. The van der Waals surface area contributed by atoms with Crippen molar-refractivity contribution < 1.29 is 0 Å². The highest BCUT2D eigenvalue weighted by Crippen LogP contribution is 2.02. The van der Waals surface area contributed by atoms with Gasteiger partial charge in [-0.1, -0.05) is 0 Å². The fourth-order valence-electron chi connectivity index (χ4n) is 1.12. The number of pyridine rings is 1. The van der Waals surface area contributed by atoms with Crippen molar-refractivity contribution >= 4 is 11.7 Å². The van der Waals surface area contributed by atoms with E-state index in [1.54, 1.807) is 12.4 Å². The molecule has 0 N–H and O–H groups in total. The molecule has 0 amide bonds. The van der Waals surface area contributed by atoms with E-state index in [1.165, 1.54) is 0 Å². The lowest BCUT2D eigenvalue weighted by molar-refractivity contribution is 1.17. The molecule has 0 atom stereocenters. The van der Waals surface area contributed by atoms with Gasteiger partial charge in [-0.05, 0) is 24.6 Å². The molecule has 0 saturated carbocycles. The van der Waals surface area contributed by atoms with Crippen LogP contribution in [-0.2, 0) is 6.42 Å². The highest BCUT2D eigenvalue weighted by atomic mass is 15.3. The van der Waals surface area contributed by atoms with E-state index >= 15 is 0 Å². The highest BCUT2D eigenvalue weighted by molar-refractivity contribution is 6.03. The lowest BCUT2D eigenvalue weighted by atomic mass is 10.2. The van der Waals surface area contributed by atoms with Gasteiger partial charge in [0.15, 0.2) is 5.84 Å². The summed E-state index contributed by atoms with van der Waals surface area (Å²) in [7, 11) is 0. The van der Waals surface area contributed by atoms with E-state index in [9.17, 15) is 0 Å². The normalized spacial score (nSPS) is 14.8. The Balaban J connectivity index is 2.02. The number of aromatic nitrogens is 1. The summed E-state index contributed by atoms with van der Waals surface area (Å²) in [6.07, 6.45) is 4.25. The van der Waals surface area contributed by atoms with Crippen LogP contribution in [0, 0.1) is 0 Å². The van der Waals surface area contributed by atoms with E-state index in [4.69, 9.17) is 0 Å². The molecular formula is C9H9N4. The fourth-order valence-corrected chi connectivity index (χ4v) is 1.12. The molecule has 13 heavy (non-hydrogen) atoms. The molecule has 1 aromatic rings. The van der Waals surface area contributed by atoms with Crippen LogP contribution < -0.4 is 5.32 Å². The van der Waals surface area contributed by atoms with Gasteiger partial charge in [-0.3, -0.25) is 4.98 Å². The summed E-state index contributed by atoms with van der Waals surface area (Å²) in [5.74, 6) is 1.49. The Morgan fingerprint density at radius 1 is 1.15 bits per heavy atom. The lowest BCUT2D eigenvalue weighted by Gasteiger charge is -1.98. The molecule has 65 valence electrons. The van der Waals surface area contributed by atoms with Gasteiger partial charge >= 0.3 is 0 Å². The Labute approximate surface area is 76.4 Å². The monoisotopic (exact) mass is 173 g/mol. The maximum atomic E-state index is 4.16. The summed E-state index contributed by atoms with van der Waals surface area (Å²) >= 11 is 0. The van der Waals surface area contributed by atoms with Crippen LogP contribution >= 0.6 is 0 Å². The van der Waals surface area contributed by atoms with Gasteiger partial charge in [0.2, 0.25) is 0 Å². The Morgan fingerprint density at radius 3 is 2.54 bits per heavy atom. The number of hydrogen-bond acceptors (Lipinski definition) is 3. The molecule has 4 heteroatoms. The van der Waals surface area contributed by atoms with Crippen LogP contribution in [0.15, 0.2) is 34.7 Å². The van der Waals surface area contributed by atoms with E-state index in [1.807, 2.05) is 19.1 Å². The fraction of sp³-hybridized carbons (Fsp3) is 0.222. The van der Waals surface area contributed by atoms with Gasteiger partial charge in [-0.25, -0.2) is 5.32 Å². The Kier molecular flexibility index (Phi) is 2.04. The summed E-state index contributed by atoms with van der Waals surface area (Å²) in [4.78, 5) is 3.94. The zero-order valence-electron chi connectivity index (χ0n) is 7.31. The van der Waals surface area contributed by atoms with Crippen LogP contribution in [0.1, 0.15) is 12.5 Å². The van der Waals surface area contributed by atoms with E-state index in [-0.39, 0.29) is 0 Å². The summed E-state index contributed by atoms with van der Waals surface area (Å²) in [5.41, 5.74) is 1.16. The molecule has 1 radical (unpaired) electrons. The molecule has 0 unspecified atom stereocenters. The van der Waals surface area contributed by atoms with Crippen molar-refractivity contribution in [3.8, 4) is 0 Å². The van der Waals surface area contributed by atoms with Crippen LogP contribution in [-0.4, -0.2) is 16.7 Å². The topological polar surface area (TPSA) is 51.7 Å². The predicted octanol–water partition coefficient (Wildman–Crippen LogP) is 0.974. The van der Waals surface area contributed by atoms with Gasteiger partial charge in [-0.15, -0.1) is 10.2 Å². The number of hydrogen-bond donors (Lipinski definition) is 0. The minimum atomic E-state index is 0.726. The minimum absolute atomic E-state index is 0.726. The quantitative estimate of drug-likeness (QED) is 0.657. The first-order valence-corrected chi connectivity index (χ1v) is 4.06. The summed E-state index contributed by atoms with van der Waals surface area (Å²) < 4.78 is 0. The Morgan fingerprint density at radius 2 is 1.92 bits per heavy atom. The van der Waals surface area contributed by atoms with Gasteiger partial charge in [-0.2, -0.15) is 0 Å². The van der Waals surface area contributed by atoms with Gasteiger partial charge in [0, 0.05) is 18.8 Å². The van der Waals surface area contributed by atoms with Crippen LogP contribution in [0.4, 0.5) is 0 Å². The van der Waals surface area contributed by atoms with E-state index in [0.29, 0.717) is 0 Å². The third-order valence-corrected chi connectivity index (χ3v) is 1.71. The van der Waals surface area contributed by atoms with Crippen molar-refractivity contribution in [3.63, 3.8) is 0 Å². The second-order valence-electron chi connectivity index (χ2n) is 2.81. The maximum absolute atomic E-state index is 4.16. The number of rotatable bonds is 2. The smallest absolute Gasteiger partial charge is 0.157 e. The van der Waals surface area contributed by atoms with Crippen LogP contribution in [0.3, 0.4) is 0 Å². The average molecular weight is 173 g/mol. The lowest BCUT2D eigenvalue weighted by Crippen LogP contribution is -2.17. The molecule has 0 fully saturated rings. The molecule has 2 heterocycles. The zero-order chi connectivity index (χ0) is 9.10. The van der Waals surface area contributed by atoms with Crippen LogP contribution in [0.2, 0.25) is 0 Å². The molecule has 4 nitrogen and oxygen atoms in total. The minimum Gasteiger partial charge on any atom is -0.265 e. The molecule has 0 aliphatic carbocycles. The summed E-state index contributed by atoms with van der Waals surface area (Å²) in [6.45, 7) is 1.84. The van der Waals surface area contributed by atoms with Crippen molar-refractivity contribution in [1.29, 1.82) is 0 Å². The maximum Gasteiger partial charge on any atom is 0.157 e. The first kappa shape index (κ1) is 7.91. The van der Waals surface area contributed by atoms with Crippen LogP contribution in [0.25, 0.3) is 0 Å². The van der Waals surface area contributed by atoms with E-state index < -0.39 is 0 Å². The SMILES string of the molecule is CC1=NN=C(Cc2ccncc2)[N]1. The molecule has 1 aliphatic rings. The highest BCUT2D eigenvalue weighted by Gasteiger charge is 2.09. The zero-order valence-corrected chi connectivity index (χ0v) is 7.31. The van der Waals surface area contributed by atoms with Gasteiger partial charge in [0.25, 0.3) is 0 Å². The van der Waals surface area contributed by atoms with Gasteiger partial charge in [0.1, 0.15) is 5.84 Å². The molecule has 1 aliphatic heterocycles. The predicted molar refractivity (Wildman–Crippen MR) is 50.6 cm³/mol. The van der Waals surface area contributed by atoms with Crippen molar-refractivity contribution in [1.82, 2.24) is 10.3 Å². The molecule has 2 rings (SSSR count).